The lowest BCUT2D eigenvalue weighted by Crippen LogP contribution is -2.36. The molecule has 2 aromatic rings. The molecule has 29 heavy (non-hydrogen) atoms. The fraction of sp³-hybridized carbons (Fsp3) is 0.333. The van der Waals surface area contributed by atoms with Crippen LogP contribution in [0.4, 0.5) is 4.39 Å². The van der Waals surface area contributed by atoms with Gasteiger partial charge in [0.05, 0.1) is 30.6 Å². The highest BCUT2D eigenvalue weighted by Crippen LogP contribution is 2.41. The minimum Gasteiger partial charge on any atom is -0.507 e. The maximum Gasteiger partial charge on any atom is 0.295 e. The molecule has 152 valence electrons. The number of carbonyl (C=O) groups excluding carboxylic acids is 2. The number of furan rings is 1. The van der Waals surface area contributed by atoms with E-state index in [4.69, 9.17) is 13.9 Å². The largest absolute Gasteiger partial charge is 0.507 e. The lowest BCUT2D eigenvalue weighted by atomic mass is 9.98. The van der Waals surface area contributed by atoms with E-state index >= 15 is 0 Å². The van der Waals surface area contributed by atoms with Crippen molar-refractivity contribution in [2.45, 2.75) is 25.0 Å². The molecule has 1 amide bonds. The number of amides is 1. The van der Waals surface area contributed by atoms with Crippen LogP contribution < -0.4 is 4.74 Å². The molecule has 0 radical (unpaired) electrons. The first-order valence-corrected chi connectivity index (χ1v) is 9.28. The molecule has 1 aromatic heterocycles. The Labute approximate surface area is 166 Å². The molecule has 2 aliphatic rings. The second-order valence-electron chi connectivity index (χ2n) is 6.95. The van der Waals surface area contributed by atoms with Crippen LogP contribution in [0, 0.1) is 5.82 Å². The van der Waals surface area contributed by atoms with Gasteiger partial charge in [-0.1, -0.05) is 0 Å². The lowest BCUT2D eigenvalue weighted by Gasteiger charge is -2.25. The highest BCUT2D eigenvalue weighted by Gasteiger charge is 2.48. The van der Waals surface area contributed by atoms with Crippen molar-refractivity contribution in [3.8, 4) is 5.75 Å². The topological polar surface area (TPSA) is 89.2 Å². The summed E-state index contributed by atoms with van der Waals surface area (Å²) in [6.45, 7) is 0.785. The molecule has 0 saturated carbocycles. The standard InChI is InChI=1S/C21H20FNO6/c1-27-15-7-6-12(22)10-14(15)19(24)17-18(16-5-3-9-29-16)23(21(26)20(17)25)11-13-4-2-8-28-13/h3,5-7,9-10,13,18,24H,2,4,8,11H2,1H3/b19-17-. The Morgan fingerprint density at radius 3 is 2.83 bits per heavy atom. The molecule has 1 N–H and O–H groups in total. The molecule has 2 unspecified atom stereocenters. The number of aliphatic hydroxyl groups excluding tert-OH is 1. The van der Waals surface area contributed by atoms with Crippen LogP contribution in [-0.4, -0.2) is 48.1 Å². The van der Waals surface area contributed by atoms with Gasteiger partial charge in [-0.2, -0.15) is 0 Å². The third-order valence-electron chi connectivity index (χ3n) is 5.19. The first kappa shape index (κ1) is 19.2. The summed E-state index contributed by atoms with van der Waals surface area (Å²) in [7, 11) is 1.37. The highest BCUT2D eigenvalue weighted by atomic mass is 19.1. The van der Waals surface area contributed by atoms with Gasteiger partial charge in [-0.15, -0.1) is 0 Å². The molecule has 0 bridgehead atoms. The summed E-state index contributed by atoms with van der Waals surface area (Å²) in [5, 5.41) is 11.0. The van der Waals surface area contributed by atoms with Crippen LogP contribution in [0.1, 0.15) is 30.2 Å². The first-order chi connectivity index (χ1) is 14.0. The van der Waals surface area contributed by atoms with Gasteiger partial charge in [0.15, 0.2) is 0 Å². The van der Waals surface area contributed by atoms with Gasteiger partial charge in [-0.05, 0) is 43.2 Å². The quantitative estimate of drug-likeness (QED) is 0.471. The van der Waals surface area contributed by atoms with Gasteiger partial charge in [0.2, 0.25) is 0 Å². The average molecular weight is 401 g/mol. The summed E-state index contributed by atoms with van der Waals surface area (Å²) in [5.74, 6) is -2.27. The van der Waals surface area contributed by atoms with Crippen LogP contribution in [0.25, 0.3) is 5.76 Å². The molecule has 1 aromatic carbocycles. The van der Waals surface area contributed by atoms with E-state index in [1.165, 1.54) is 30.4 Å². The number of rotatable bonds is 5. The number of aliphatic hydroxyl groups is 1. The molecule has 0 spiro atoms. The zero-order valence-corrected chi connectivity index (χ0v) is 15.8. The van der Waals surface area contributed by atoms with Crippen molar-refractivity contribution in [2.24, 2.45) is 0 Å². The Morgan fingerprint density at radius 2 is 2.17 bits per heavy atom. The molecular formula is C21H20FNO6. The molecule has 7 nitrogen and oxygen atoms in total. The van der Waals surface area contributed by atoms with Crippen molar-refractivity contribution in [2.75, 3.05) is 20.3 Å². The summed E-state index contributed by atoms with van der Waals surface area (Å²) in [4.78, 5) is 27.0. The zero-order chi connectivity index (χ0) is 20.5. The number of hydrogen-bond donors (Lipinski definition) is 1. The Balaban J connectivity index is 1.84. The monoisotopic (exact) mass is 401 g/mol. The van der Waals surface area contributed by atoms with Gasteiger partial charge in [0.1, 0.15) is 29.1 Å². The first-order valence-electron chi connectivity index (χ1n) is 9.28. The van der Waals surface area contributed by atoms with Crippen LogP contribution in [0.2, 0.25) is 0 Å². The number of nitrogens with zero attached hydrogens (tertiary/aromatic N) is 1. The Bertz CT molecular complexity index is 962. The van der Waals surface area contributed by atoms with Crippen molar-refractivity contribution in [3.05, 3.63) is 59.3 Å². The molecule has 0 aliphatic carbocycles. The Kier molecular flexibility index (Phi) is 5.10. The number of ketones is 1. The highest BCUT2D eigenvalue weighted by molar-refractivity contribution is 6.46. The van der Waals surface area contributed by atoms with Crippen LogP contribution >= 0.6 is 0 Å². The average Bonchev–Trinajstić information content (AvgIpc) is 3.46. The number of halogens is 1. The van der Waals surface area contributed by atoms with Crippen LogP contribution in [0.3, 0.4) is 0 Å². The van der Waals surface area contributed by atoms with Crippen molar-refractivity contribution in [1.29, 1.82) is 0 Å². The van der Waals surface area contributed by atoms with Gasteiger partial charge in [0, 0.05) is 13.2 Å². The maximum atomic E-state index is 13.8. The molecule has 2 atom stereocenters. The second kappa shape index (κ2) is 7.71. The third kappa shape index (κ3) is 3.40. The van der Waals surface area contributed by atoms with Crippen molar-refractivity contribution >= 4 is 17.4 Å². The van der Waals surface area contributed by atoms with Crippen molar-refractivity contribution in [1.82, 2.24) is 4.90 Å². The number of benzene rings is 1. The summed E-state index contributed by atoms with van der Waals surface area (Å²) in [6.07, 6.45) is 2.87. The molecule has 8 heteroatoms. The maximum absolute atomic E-state index is 13.8. The van der Waals surface area contributed by atoms with E-state index < -0.39 is 29.3 Å². The van der Waals surface area contributed by atoms with E-state index in [-0.39, 0.29) is 29.5 Å². The zero-order valence-electron chi connectivity index (χ0n) is 15.8. The summed E-state index contributed by atoms with van der Waals surface area (Å²) < 4.78 is 30.1. The predicted octanol–water partition coefficient (Wildman–Crippen LogP) is 3.03. The number of hydrogen-bond acceptors (Lipinski definition) is 6. The van der Waals surface area contributed by atoms with Gasteiger partial charge in [-0.25, -0.2) is 4.39 Å². The van der Waals surface area contributed by atoms with E-state index in [1.54, 1.807) is 12.1 Å². The van der Waals surface area contributed by atoms with Crippen LogP contribution in [0.15, 0.2) is 46.6 Å². The fourth-order valence-corrected chi connectivity index (χ4v) is 3.83. The Morgan fingerprint density at radius 1 is 1.34 bits per heavy atom. The normalized spacial score (nSPS) is 23.7. The number of carbonyl (C=O) groups is 2. The fourth-order valence-electron chi connectivity index (χ4n) is 3.83. The van der Waals surface area contributed by atoms with E-state index in [0.29, 0.717) is 12.4 Å². The smallest absolute Gasteiger partial charge is 0.295 e. The van der Waals surface area contributed by atoms with Gasteiger partial charge >= 0.3 is 0 Å². The van der Waals surface area contributed by atoms with Crippen molar-refractivity contribution < 1.29 is 33.0 Å². The van der Waals surface area contributed by atoms with E-state index in [0.717, 1.165) is 18.9 Å². The minimum atomic E-state index is -0.942. The van der Waals surface area contributed by atoms with Crippen LogP contribution in [-0.2, 0) is 14.3 Å². The minimum absolute atomic E-state index is 0.0147. The van der Waals surface area contributed by atoms with Gasteiger partial charge < -0.3 is 23.9 Å². The second-order valence-corrected chi connectivity index (χ2v) is 6.95. The summed E-state index contributed by atoms with van der Waals surface area (Å²) in [5.41, 5.74) is -0.189. The van der Waals surface area contributed by atoms with Gasteiger partial charge in [-0.3, -0.25) is 9.59 Å². The number of methoxy groups -OCH3 is 1. The molecule has 4 rings (SSSR count). The summed E-state index contributed by atoms with van der Waals surface area (Å²) in [6, 6.07) is 5.88. The molecule has 2 aliphatic heterocycles. The van der Waals surface area contributed by atoms with Crippen molar-refractivity contribution in [3.63, 3.8) is 0 Å². The number of likely N-dealkylation sites (tertiary alicyclic amines) is 1. The number of ether oxygens (including phenoxy) is 2. The summed E-state index contributed by atoms with van der Waals surface area (Å²) >= 11 is 0. The van der Waals surface area contributed by atoms with E-state index in [2.05, 4.69) is 0 Å². The third-order valence-corrected chi connectivity index (χ3v) is 5.19. The molecule has 2 fully saturated rings. The molecule has 3 heterocycles. The Hall–Kier alpha value is -3.13. The van der Waals surface area contributed by atoms with E-state index in [1.807, 2.05) is 0 Å². The lowest BCUT2D eigenvalue weighted by molar-refractivity contribution is -0.141. The number of Topliss-reactive ketones (excluding diaryl/α,β-unsaturated/α-hetero) is 1. The molecule has 2 saturated heterocycles. The van der Waals surface area contributed by atoms with Crippen LogP contribution in [0.5, 0.6) is 5.75 Å². The SMILES string of the molecule is COc1ccc(F)cc1/C(O)=C1/C(=O)C(=O)N(CC2CCCO2)C1c1ccco1. The predicted molar refractivity (Wildman–Crippen MR) is 99.6 cm³/mol. The molecular weight excluding hydrogens is 381 g/mol. The van der Waals surface area contributed by atoms with Gasteiger partial charge in [0.25, 0.3) is 11.7 Å². The van der Waals surface area contributed by atoms with E-state index in [9.17, 15) is 19.1 Å².